The Morgan fingerprint density at radius 1 is 1.12 bits per heavy atom. The minimum absolute atomic E-state index is 0.0845. The third-order valence-corrected chi connectivity index (χ3v) is 5.45. The van der Waals surface area contributed by atoms with Crippen molar-refractivity contribution < 1.29 is 34.2 Å². The van der Waals surface area contributed by atoms with E-state index in [9.17, 15) is 4.79 Å². The molecule has 0 atom stereocenters. The van der Waals surface area contributed by atoms with E-state index in [4.69, 9.17) is 7.80 Å². The summed E-state index contributed by atoms with van der Waals surface area (Å²) in [5.74, 6) is 0.780. The van der Waals surface area contributed by atoms with Gasteiger partial charge in [0.05, 0.1) is 0 Å². The number of hydrogen-bond donors (Lipinski definition) is 0. The second-order valence-electron chi connectivity index (χ2n) is 6.03. The Balaban J connectivity index is 2.08. The number of rotatable bonds is 7. The van der Waals surface area contributed by atoms with Crippen LogP contribution in [0.4, 0.5) is 0 Å². The monoisotopic (exact) mass is 437 g/mol. The van der Waals surface area contributed by atoms with E-state index in [1.807, 2.05) is 55.5 Å². The zero-order valence-electron chi connectivity index (χ0n) is 14.4. The number of allylic oxidation sites excluding steroid dienone is 1. The van der Waals surface area contributed by atoms with Crippen LogP contribution in [0.25, 0.3) is 0 Å². The molecule has 0 aliphatic heterocycles. The maximum atomic E-state index is 12.2. The molecule has 24 heavy (non-hydrogen) atoms. The van der Waals surface area contributed by atoms with Gasteiger partial charge in [-0.05, 0) is 0 Å². The van der Waals surface area contributed by atoms with Crippen molar-refractivity contribution in [3.8, 4) is 5.75 Å². The molecule has 0 aromatic heterocycles. The van der Waals surface area contributed by atoms with Crippen LogP contribution in [-0.2, 0) is 10.2 Å². The second kappa shape index (κ2) is 8.33. The van der Waals surface area contributed by atoms with Crippen molar-refractivity contribution in [2.75, 3.05) is 7.11 Å². The molecule has 0 saturated heterocycles. The predicted molar refractivity (Wildman–Crippen MR) is 91.8 cm³/mol. The van der Waals surface area contributed by atoms with Gasteiger partial charge in [0.15, 0.2) is 0 Å². The molecule has 0 unspecified atom stereocenters. The summed E-state index contributed by atoms with van der Waals surface area (Å²) in [6.45, 7) is 6.26. The van der Waals surface area contributed by atoms with E-state index in [1.165, 1.54) is 5.56 Å². The fourth-order valence-electron chi connectivity index (χ4n) is 2.16. The van der Waals surface area contributed by atoms with Gasteiger partial charge in [0.25, 0.3) is 0 Å². The average Bonchev–Trinajstić information content (AvgIpc) is 2.59. The summed E-state index contributed by atoms with van der Waals surface area (Å²) in [5, 5.41) is 0. The second-order valence-corrected chi connectivity index (χ2v) is 7.90. The first-order valence-corrected chi connectivity index (χ1v) is 9.63. The number of methoxy groups -OCH3 is 1. The number of carbonyl (C=O) groups is 1. The van der Waals surface area contributed by atoms with Crippen molar-refractivity contribution in [3.05, 3.63) is 77.6 Å². The molecule has 0 radical (unpaired) electrons. The first-order valence-electron chi connectivity index (χ1n) is 7.67. The van der Waals surface area contributed by atoms with E-state index in [2.05, 4.69) is 19.9 Å². The van der Waals surface area contributed by atoms with Crippen LogP contribution in [0.2, 0.25) is 0 Å². The molecule has 2 rings (SSSR count). The van der Waals surface area contributed by atoms with Gasteiger partial charge in [-0.1, -0.05) is 0 Å². The minimum atomic E-state index is -1.03. The van der Waals surface area contributed by atoms with Gasteiger partial charge in [-0.15, -0.1) is 0 Å². The van der Waals surface area contributed by atoms with E-state index in [0.29, 0.717) is 5.56 Å². The van der Waals surface area contributed by atoms with Gasteiger partial charge >= 0.3 is 155 Å². The standard InChI is InChI=1S/C20H22IO3/c1-15-14-17(20(2,3)12-13-23-4)10-11-18(15)24-21-19(22)16-8-6-5-7-9-16/h5-14H,1-4H3/q-1/b13-12+. The van der Waals surface area contributed by atoms with Crippen LogP contribution >= 0.6 is 0 Å². The van der Waals surface area contributed by atoms with Crippen LogP contribution in [0.3, 0.4) is 0 Å². The number of benzene rings is 2. The number of halogens is 1. The Kier molecular flexibility index (Phi) is 6.43. The Morgan fingerprint density at radius 2 is 1.83 bits per heavy atom. The van der Waals surface area contributed by atoms with E-state index in [-0.39, 0.29) is 9.20 Å². The van der Waals surface area contributed by atoms with Crippen LogP contribution in [0, 0.1) is 6.92 Å². The predicted octanol–water partition coefficient (Wildman–Crippen LogP) is 1.66. The fourth-order valence-corrected chi connectivity index (χ4v) is 3.71. The molecule has 0 spiro atoms. The first-order chi connectivity index (χ1) is 11.4. The molecule has 0 fully saturated rings. The molecule has 2 aromatic rings. The van der Waals surface area contributed by atoms with E-state index < -0.39 is 21.6 Å². The molecule has 0 heterocycles. The summed E-state index contributed by atoms with van der Waals surface area (Å²) in [5.41, 5.74) is 2.79. The molecular weight excluding hydrogens is 415 g/mol. The van der Waals surface area contributed by atoms with Gasteiger partial charge in [-0.2, -0.15) is 0 Å². The van der Waals surface area contributed by atoms with Crippen molar-refractivity contribution >= 4 is 3.79 Å². The summed E-state index contributed by atoms with van der Waals surface area (Å²) in [4.78, 5) is 12.2. The normalized spacial score (nSPS) is 11.7. The van der Waals surface area contributed by atoms with Gasteiger partial charge in [0.2, 0.25) is 0 Å². The van der Waals surface area contributed by atoms with Gasteiger partial charge in [0, 0.05) is 0 Å². The number of hydrogen-bond acceptors (Lipinski definition) is 3. The topological polar surface area (TPSA) is 35.5 Å². The number of carbonyl (C=O) groups excluding carboxylic acids is 1. The Hall–Kier alpha value is -1.82. The van der Waals surface area contributed by atoms with Crippen molar-refractivity contribution in [3.63, 3.8) is 0 Å². The third kappa shape index (κ3) is 4.84. The zero-order chi connectivity index (χ0) is 17.6. The van der Waals surface area contributed by atoms with Gasteiger partial charge in [-0.3, -0.25) is 0 Å². The SMILES string of the molecule is CO/C=C/C(C)(C)c1ccc(O[I-]C(=O)c2ccccc2)c(C)c1. The summed E-state index contributed by atoms with van der Waals surface area (Å²) in [7, 11) is 1.64. The van der Waals surface area contributed by atoms with Crippen LogP contribution in [0.5, 0.6) is 5.75 Å². The molecule has 0 N–H and O–H groups in total. The molecule has 128 valence electrons. The van der Waals surface area contributed by atoms with Crippen LogP contribution in [0.15, 0.2) is 60.9 Å². The molecule has 0 aliphatic rings. The molecule has 0 bridgehead atoms. The maximum absolute atomic E-state index is 12.2. The van der Waals surface area contributed by atoms with Gasteiger partial charge < -0.3 is 0 Å². The van der Waals surface area contributed by atoms with Gasteiger partial charge in [0.1, 0.15) is 0 Å². The summed E-state index contributed by atoms with van der Waals surface area (Å²) in [6, 6.07) is 15.4. The van der Waals surface area contributed by atoms with Crippen LogP contribution < -0.4 is 24.7 Å². The van der Waals surface area contributed by atoms with Crippen molar-refractivity contribution in [2.24, 2.45) is 0 Å². The summed E-state index contributed by atoms with van der Waals surface area (Å²) < 4.78 is 10.9. The van der Waals surface area contributed by atoms with Crippen LogP contribution in [0.1, 0.15) is 35.3 Å². The van der Waals surface area contributed by atoms with E-state index in [0.717, 1.165) is 11.3 Å². The number of ether oxygens (including phenoxy) is 1. The molecule has 0 amide bonds. The fraction of sp³-hybridized carbons (Fsp3) is 0.250. The molecule has 3 nitrogen and oxygen atoms in total. The Labute approximate surface area is 154 Å². The van der Waals surface area contributed by atoms with Crippen molar-refractivity contribution in [2.45, 2.75) is 26.2 Å². The summed E-state index contributed by atoms with van der Waals surface area (Å²) in [6.07, 6.45) is 3.72. The number of aryl methyl sites for hydroxylation is 1. The molecular formula is C20H22IO3-. The van der Waals surface area contributed by atoms with Crippen molar-refractivity contribution in [1.29, 1.82) is 0 Å². The van der Waals surface area contributed by atoms with E-state index in [1.54, 1.807) is 13.4 Å². The van der Waals surface area contributed by atoms with E-state index >= 15 is 0 Å². The molecule has 0 aliphatic carbocycles. The van der Waals surface area contributed by atoms with Gasteiger partial charge in [-0.25, -0.2) is 0 Å². The Morgan fingerprint density at radius 3 is 2.46 bits per heavy atom. The molecule has 4 heteroatoms. The zero-order valence-corrected chi connectivity index (χ0v) is 16.5. The van der Waals surface area contributed by atoms with Crippen molar-refractivity contribution in [1.82, 2.24) is 0 Å². The average molecular weight is 437 g/mol. The Bertz CT molecular complexity index is 721. The quantitative estimate of drug-likeness (QED) is 0.376. The third-order valence-electron chi connectivity index (χ3n) is 3.73. The van der Waals surface area contributed by atoms with Crippen LogP contribution in [-0.4, -0.2) is 10.9 Å². The summed E-state index contributed by atoms with van der Waals surface area (Å²) >= 11 is -1.03. The molecule has 2 aromatic carbocycles. The first kappa shape index (κ1) is 18.5. The molecule has 0 saturated carbocycles.